The van der Waals surface area contributed by atoms with E-state index in [-0.39, 0.29) is 19.2 Å². The van der Waals surface area contributed by atoms with Crippen molar-refractivity contribution in [3.8, 4) is 0 Å². The molecule has 0 bridgehead atoms. The lowest BCUT2D eigenvalue weighted by Crippen LogP contribution is -2.20. The van der Waals surface area contributed by atoms with E-state index in [2.05, 4.69) is 35.8 Å². The molecule has 2 fully saturated rings. The second-order valence-corrected chi connectivity index (χ2v) is 8.92. The van der Waals surface area contributed by atoms with Crippen molar-refractivity contribution in [2.45, 2.75) is 89.4 Å². The summed E-state index contributed by atoms with van der Waals surface area (Å²) in [5.74, 6) is -0.305. The number of phosphoric ester groups is 1. The fraction of sp³-hybridized carbons (Fsp3) is 0.762. The quantitative estimate of drug-likeness (QED) is 0.130. The van der Waals surface area contributed by atoms with Crippen LogP contribution >= 0.6 is 7.82 Å². The van der Waals surface area contributed by atoms with Crippen molar-refractivity contribution in [1.29, 1.82) is 0 Å². The van der Waals surface area contributed by atoms with E-state index < -0.39 is 13.9 Å². The predicted molar refractivity (Wildman–Crippen MR) is 110 cm³/mol. The van der Waals surface area contributed by atoms with Crippen LogP contribution in [0.15, 0.2) is 24.3 Å². The maximum atomic E-state index is 11.7. The van der Waals surface area contributed by atoms with Gasteiger partial charge >= 0.3 is 13.8 Å². The van der Waals surface area contributed by atoms with Crippen LogP contribution in [0.2, 0.25) is 0 Å². The van der Waals surface area contributed by atoms with Crippen LogP contribution in [0.3, 0.4) is 0 Å². The number of esters is 1. The van der Waals surface area contributed by atoms with E-state index in [1.54, 1.807) is 0 Å². The number of hydrogen-bond donors (Lipinski definition) is 1. The van der Waals surface area contributed by atoms with E-state index in [1.165, 1.54) is 0 Å². The first kappa shape index (κ1) is 24.3. The number of carbonyl (C=O) groups is 1. The Hall–Kier alpha value is -0.980. The number of unbranched alkanes of at least 4 members (excludes halogenated alkanes) is 4. The molecule has 166 valence electrons. The normalized spacial score (nSPS) is 29.1. The van der Waals surface area contributed by atoms with Crippen LogP contribution in [0.4, 0.5) is 0 Å². The molecule has 29 heavy (non-hydrogen) atoms. The van der Waals surface area contributed by atoms with E-state index in [0.717, 1.165) is 57.8 Å². The molecule has 8 heteroatoms. The fourth-order valence-electron chi connectivity index (χ4n) is 3.22. The molecular formula is C21H35O7P. The molecule has 4 unspecified atom stereocenters. The summed E-state index contributed by atoms with van der Waals surface area (Å²) in [6, 6.07) is 0. The summed E-state index contributed by atoms with van der Waals surface area (Å²) in [7, 11) is -3.92. The smallest absolute Gasteiger partial charge is 0.463 e. The Morgan fingerprint density at radius 3 is 2.62 bits per heavy atom. The van der Waals surface area contributed by atoms with E-state index in [1.807, 2.05) is 0 Å². The second-order valence-electron chi connectivity index (χ2n) is 7.52. The molecule has 0 spiro atoms. The Kier molecular flexibility index (Phi) is 11.2. The van der Waals surface area contributed by atoms with Crippen LogP contribution in [0.1, 0.15) is 71.1 Å². The number of epoxide rings is 1. The minimum Gasteiger partial charge on any atom is -0.463 e. The number of rotatable bonds is 15. The van der Waals surface area contributed by atoms with Gasteiger partial charge in [-0.25, -0.2) is 4.57 Å². The highest BCUT2D eigenvalue weighted by atomic mass is 31.2. The fourth-order valence-corrected chi connectivity index (χ4v) is 4.13. The minimum atomic E-state index is -3.92. The van der Waals surface area contributed by atoms with Crippen molar-refractivity contribution < 1.29 is 32.8 Å². The second kappa shape index (κ2) is 13.3. The lowest BCUT2D eigenvalue weighted by Gasteiger charge is -2.08. The molecule has 2 rings (SSSR count). The maximum Gasteiger partial charge on any atom is 0.472 e. The summed E-state index contributed by atoms with van der Waals surface area (Å²) < 4.78 is 31.1. The van der Waals surface area contributed by atoms with Gasteiger partial charge in [0.1, 0.15) is 12.7 Å². The van der Waals surface area contributed by atoms with Gasteiger partial charge in [-0.3, -0.25) is 13.8 Å². The minimum absolute atomic E-state index is 0.0286. The third-order valence-corrected chi connectivity index (χ3v) is 5.94. The zero-order valence-corrected chi connectivity index (χ0v) is 18.3. The van der Waals surface area contributed by atoms with Crippen molar-refractivity contribution in [2.24, 2.45) is 0 Å². The first-order valence-electron chi connectivity index (χ1n) is 10.8. The highest BCUT2D eigenvalue weighted by Crippen LogP contribution is 2.49. The van der Waals surface area contributed by atoms with Crippen molar-refractivity contribution in [1.82, 2.24) is 0 Å². The summed E-state index contributed by atoms with van der Waals surface area (Å²) >= 11 is 0. The van der Waals surface area contributed by atoms with E-state index in [4.69, 9.17) is 18.9 Å². The van der Waals surface area contributed by atoms with Gasteiger partial charge in [0.15, 0.2) is 0 Å². The molecule has 2 aliphatic rings. The highest BCUT2D eigenvalue weighted by Gasteiger charge is 2.36. The van der Waals surface area contributed by atoms with Crippen LogP contribution in [0.25, 0.3) is 0 Å². The van der Waals surface area contributed by atoms with Crippen molar-refractivity contribution in [3.63, 3.8) is 0 Å². The number of allylic oxidation sites excluding steroid dienone is 3. The van der Waals surface area contributed by atoms with Gasteiger partial charge < -0.3 is 14.4 Å². The number of hydrogen-bond acceptors (Lipinski definition) is 6. The average molecular weight is 430 g/mol. The summed E-state index contributed by atoms with van der Waals surface area (Å²) in [5.41, 5.74) is 0. The highest BCUT2D eigenvalue weighted by molar-refractivity contribution is 7.47. The van der Waals surface area contributed by atoms with Gasteiger partial charge in [0.25, 0.3) is 0 Å². The van der Waals surface area contributed by atoms with Gasteiger partial charge in [0.05, 0.1) is 18.8 Å². The summed E-state index contributed by atoms with van der Waals surface area (Å²) in [6.45, 7) is 2.07. The zero-order chi connectivity index (χ0) is 21.0. The van der Waals surface area contributed by atoms with Gasteiger partial charge in [-0.1, -0.05) is 56.9 Å². The first-order chi connectivity index (χ1) is 14.0. The third-order valence-electron chi connectivity index (χ3n) is 4.90. The molecule has 2 heterocycles. The SMILES string of the molecule is CC/C=C\C/C=C\CC1OC1CCCCCCCC(=O)OCC1COP(=O)(O)O1. The van der Waals surface area contributed by atoms with Crippen molar-refractivity contribution in [3.05, 3.63) is 24.3 Å². The Morgan fingerprint density at radius 1 is 1.10 bits per heavy atom. The molecule has 0 aliphatic carbocycles. The third kappa shape index (κ3) is 11.1. The summed E-state index contributed by atoms with van der Waals surface area (Å²) in [5, 5.41) is 0. The molecule has 0 aromatic rings. The molecule has 0 radical (unpaired) electrons. The summed E-state index contributed by atoms with van der Waals surface area (Å²) in [6.07, 6.45) is 18.8. The Balaban J connectivity index is 1.35. The number of phosphoric acid groups is 1. The van der Waals surface area contributed by atoms with E-state index >= 15 is 0 Å². The average Bonchev–Trinajstić information content (AvgIpc) is 3.34. The van der Waals surface area contributed by atoms with Crippen LogP contribution in [0.5, 0.6) is 0 Å². The molecule has 2 aliphatic heterocycles. The van der Waals surface area contributed by atoms with Crippen LogP contribution < -0.4 is 0 Å². The Morgan fingerprint density at radius 2 is 1.86 bits per heavy atom. The molecule has 0 aromatic heterocycles. The van der Waals surface area contributed by atoms with Gasteiger partial charge in [-0.2, -0.15) is 0 Å². The lowest BCUT2D eigenvalue weighted by atomic mass is 10.1. The molecule has 0 saturated carbocycles. The number of ether oxygens (including phenoxy) is 2. The van der Waals surface area contributed by atoms with E-state index in [0.29, 0.717) is 18.6 Å². The van der Waals surface area contributed by atoms with Gasteiger partial charge in [0, 0.05) is 6.42 Å². The van der Waals surface area contributed by atoms with E-state index in [9.17, 15) is 9.36 Å². The van der Waals surface area contributed by atoms with Crippen LogP contribution in [-0.2, 0) is 27.9 Å². The van der Waals surface area contributed by atoms with Crippen molar-refractivity contribution >= 4 is 13.8 Å². The monoisotopic (exact) mass is 430 g/mol. The van der Waals surface area contributed by atoms with Gasteiger partial charge in [-0.15, -0.1) is 0 Å². The molecule has 7 nitrogen and oxygen atoms in total. The number of carbonyl (C=O) groups excluding carboxylic acids is 1. The lowest BCUT2D eigenvalue weighted by molar-refractivity contribution is -0.146. The van der Waals surface area contributed by atoms with Crippen molar-refractivity contribution in [2.75, 3.05) is 13.2 Å². The zero-order valence-electron chi connectivity index (χ0n) is 17.4. The molecule has 2 saturated heterocycles. The van der Waals surface area contributed by atoms with Gasteiger partial charge in [-0.05, 0) is 32.1 Å². The standard InChI is InChI=1S/C21H35O7P/c1-2-3-4-5-7-10-13-19-20(27-19)14-11-8-6-9-12-15-21(22)25-16-18-17-26-29(23,24)28-18/h3-4,7,10,18-20H,2,5-6,8-9,11-17H2,1H3,(H,23,24)/b4-3-,10-7-. The topological polar surface area (TPSA) is 94.6 Å². The van der Waals surface area contributed by atoms with Crippen LogP contribution in [-0.4, -0.2) is 42.4 Å². The molecule has 0 amide bonds. The van der Waals surface area contributed by atoms with Crippen LogP contribution in [0, 0.1) is 0 Å². The maximum absolute atomic E-state index is 11.7. The Bertz CT molecular complexity index is 590. The Labute approximate surface area is 174 Å². The molecule has 1 N–H and O–H groups in total. The van der Waals surface area contributed by atoms with Gasteiger partial charge in [0.2, 0.25) is 0 Å². The molecular weight excluding hydrogens is 395 g/mol. The predicted octanol–water partition coefficient (Wildman–Crippen LogP) is 4.85. The molecule has 0 aromatic carbocycles. The molecule has 4 atom stereocenters. The summed E-state index contributed by atoms with van der Waals surface area (Å²) in [4.78, 5) is 20.7. The first-order valence-corrected chi connectivity index (χ1v) is 12.3. The largest absolute Gasteiger partial charge is 0.472 e.